The van der Waals surface area contributed by atoms with E-state index in [-0.39, 0.29) is 25.2 Å². The number of nitro groups is 1. The minimum atomic E-state index is -4.08. The number of hydrogen-bond donors (Lipinski definition) is 1. The highest BCUT2D eigenvalue weighted by atomic mass is 32.2. The van der Waals surface area contributed by atoms with Crippen molar-refractivity contribution in [2.45, 2.75) is 23.6 Å². The maximum absolute atomic E-state index is 14.1. The second kappa shape index (κ2) is 6.08. The first-order valence-electron chi connectivity index (χ1n) is 6.99. The molecule has 0 saturated carbocycles. The molecule has 1 aromatic carbocycles. The second-order valence-electron chi connectivity index (χ2n) is 6.01. The second-order valence-corrected chi connectivity index (χ2v) is 8.31. The smallest absolute Gasteiger partial charge is 0.269 e. The maximum Gasteiger partial charge on any atom is 0.269 e. The van der Waals surface area contributed by atoms with Crippen LogP contribution in [-0.2, 0) is 20.1 Å². The molecular formula is C14H16FN3O5S. The predicted octanol–water partition coefficient (Wildman–Crippen LogP) is 1.01. The first-order valence-corrected chi connectivity index (χ1v) is 8.64. The fraction of sp³-hybridized carbons (Fsp3) is 0.500. The van der Waals surface area contributed by atoms with Gasteiger partial charge in [0.25, 0.3) is 5.69 Å². The van der Waals surface area contributed by atoms with Crippen molar-refractivity contribution in [1.82, 2.24) is 0 Å². The van der Waals surface area contributed by atoms with Crippen molar-refractivity contribution in [3.8, 4) is 6.07 Å². The summed E-state index contributed by atoms with van der Waals surface area (Å²) in [5, 5.41) is 20.1. The molecule has 130 valence electrons. The van der Waals surface area contributed by atoms with Crippen molar-refractivity contribution in [1.29, 1.82) is 5.26 Å². The Morgan fingerprint density at radius 1 is 1.58 bits per heavy atom. The molecule has 0 aliphatic carbocycles. The number of sulfone groups is 1. The van der Waals surface area contributed by atoms with Crippen LogP contribution >= 0.6 is 0 Å². The van der Waals surface area contributed by atoms with Gasteiger partial charge in [-0.3, -0.25) is 10.1 Å². The van der Waals surface area contributed by atoms with Gasteiger partial charge in [0, 0.05) is 30.7 Å². The third kappa shape index (κ3) is 3.10. The first-order chi connectivity index (χ1) is 11.0. The summed E-state index contributed by atoms with van der Waals surface area (Å²) >= 11 is 0. The van der Waals surface area contributed by atoms with Gasteiger partial charge in [0.2, 0.25) is 0 Å². The highest BCUT2D eigenvalue weighted by Crippen LogP contribution is 2.33. The van der Waals surface area contributed by atoms with E-state index in [2.05, 4.69) is 0 Å². The number of nitrogens with zero attached hydrogens (tertiary/aromatic N) is 2. The molecule has 0 bridgehead atoms. The van der Waals surface area contributed by atoms with Crippen LogP contribution < -0.4 is 5.73 Å². The number of halogens is 1. The van der Waals surface area contributed by atoms with Gasteiger partial charge in [-0.2, -0.15) is 5.26 Å². The molecule has 8 nitrogen and oxygen atoms in total. The van der Waals surface area contributed by atoms with Crippen molar-refractivity contribution in [2.24, 2.45) is 5.73 Å². The lowest BCUT2D eigenvalue weighted by Gasteiger charge is -2.29. The van der Waals surface area contributed by atoms with Crippen LogP contribution in [0.4, 0.5) is 10.1 Å². The summed E-state index contributed by atoms with van der Waals surface area (Å²) < 4.78 is 42.7. The maximum atomic E-state index is 14.1. The summed E-state index contributed by atoms with van der Waals surface area (Å²) in [5.41, 5.74) is 3.53. The lowest BCUT2D eigenvalue weighted by molar-refractivity contribution is -0.385. The summed E-state index contributed by atoms with van der Waals surface area (Å²) in [7, 11) is -4.08. The molecule has 1 aliphatic rings. The zero-order chi connectivity index (χ0) is 18.2. The normalized spacial score (nSPS) is 23.4. The van der Waals surface area contributed by atoms with Gasteiger partial charge in [-0.1, -0.05) is 0 Å². The molecule has 0 amide bonds. The SMILES string of the molecule is C[C@](N)(CS(=O)(=O)[C@@]1(C#N)CCOC1)c1cc([N+](=O)[O-])ccc1F. The standard InChI is InChI=1S/C14H16FN3O5S/c1-13(17,11-6-10(18(19)20)2-3-12(11)15)9-24(21,22)14(7-16)4-5-23-8-14/h2-3,6H,4-5,8-9,17H2,1H3/t13-,14+/m0/s1. The van der Waals surface area contributed by atoms with E-state index in [0.717, 1.165) is 18.2 Å². The van der Waals surface area contributed by atoms with Gasteiger partial charge >= 0.3 is 0 Å². The molecule has 10 heteroatoms. The number of non-ortho nitro benzene ring substituents is 1. The third-order valence-electron chi connectivity index (χ3n) is 4.05. The number of nitriles is 1. The Kier molecular flexibility index (Phi) is 4.63. The van der Waals surface area contributed by atoms with Crippen LogP contribution in [-0.4, -0.2) is 37.1 Å². The number of ether oxygens (including phenoxy) is 1. The molecule has 0 spiro atoms. The Bertz CT molecular complexity index is 810. The van der Waals surface area contributed by atoms with Crippen LogP contribution in [0.1, 0.15) is 18.9 Å². The van der Waals surface area contributed by atoms with E-state index in [1.165, 1.54) is 6.92 Å². The molecule has 1 saturated heterocycles. The molecule has 24 heavy (non-hydrogen) atoms. The van der Waals surface area contributed by atoms with Gasteiger partial charge in [0.15, 0.2) is 14.6 Å². The summed E-state index contributed by atoms with van der Waals surface area (Å²) in [4.78, 5) is 10.1. The van der Waals surface area contributed by atoms with E-state index in [9.17, 15) is 28.2 Å². The molecule has 1 aromatic rings. The molecule has 0 unspecified atom stereocenters. The van der Waals surface area contributed by atoms with Gasteiger partial charge < -0.3 is 10.5 Å². The fourth-order valence-corrected chi connectivity index (χ4v) is 4.64. The number of benzene rings is 1. The number of nitrogens with two attached hydrogens (primary N) is 1. The third-order valence-corrected chi connectivity index (χ3v) is 6.63. The molecular weight excluding hydrogens is 341 g/mol. The van der Waals surface area contributed by atoms with Gasteiger partial charge in [-0.15, -0.1) is 0 Å². The molecule has 2 rings (SSSR count). The van der Waals surface area contributed by atoms with Crippen molar-refractivity contribution in [2.75, 3.05) is 19.0 Å². The van der Waals surface area contributed by atoms with Crippen LogP contribution in [0.25, 0.3) is 0 Å². The van der Waals surface area contributed by atoms with E-state index >= 15 is 0 Å². The predicted molar refractivity (Wildman–Crippen MR) is 82.2 cm³/mol. The van der Waals surface area contributed by atoms with Crippen LogP contribution in [0, 0.1) is 27.3 Å². The summed E-state index contributed by atoms with van der Waals surface area (Å²) in [5.74, 6) is -1.59. The van der Waals surface area contributed by atoms with Gasteiger partial charge in [-0.25, -0.2) is 12.8 Å². The molecule has 1 heterocycles. The molecule has 1 fully saturated rings. The minimum Gasteiger partial charge on any atom is -0.379 e. The molecule has 2 atom stereocenters. The topological polar surface area (TPSA) is 136 Å². The van der Waals surface area contributed by atoms with Gasteiger partial charge in [0.05, 0.1) is 28.9 Å². The van der Waals surface area contributed by atoms with E-state index < -0.39 is 42.3 Å². The summed E-state index contributed by atoms with van der Waals surface area (Å²) in [6.45, 7) is 1.10. The average Bonchev–Trinajstić information content (AvgIpc) is 2.96. The van der Waals surface area contributed by atoms with E-state index in [4.69, 9.17) is 10.5 Å². The quantitative estimate of drug-likeness (QED) is 0.613. The lowest BCUT2D eigenvalue weighted by atomic mass is 9.94. The largest absolute Gasteiger partial charge is 0.379 e. The van der Waals surface area contributed by atoms with Gasteiger partial charge in [-0.05, 0) is 13.0 Å². The van der Waals surface area contributed by atoms with Crippen LogP contribution in [0.3, 0.4) is 0 Å². The van der Waals surface area contributed by atoms with Crippen molar-refractivity contribution >= 4 is 15.5 Å². The van der Waals surface area contributed by atoms with Crippen LogP contribution in [0.2, 0.25) is 0 Å². The Morgan fingerprint density at radius 3 is 2.75 bits per heavy atom. The average molecular weight is 357 g/mol. The summed E-state index contributed by atoms with van der Waals surface area (Å²) in [6, 6.07) is 4.51. The summed E-state index contributed by atoms with van der Waals surface area (Å²) in [6.07, 6.45) is -0.000662. The minimum absolute atomic E-state index is 0.000662. The van der Waals surface area contributed by atoms with Gasteiger partial charge in [0.1, 0.15) is 5.82 Å². The Balaban J connectivity index is 2.43. The van der Waals surface area contributed by atoms with E-state index in [0.29, 0.717) is 0 Å². The van der Waals surface area contributed by atoms with Crippen LogP contribution in [0.15, 0.2) is 18.2 Å². The Labute approximate surface area is 138 Å². The van der Waals surface area contributed by atoms with Crippen molar-refractivity contribution in [3.63, 3.8) is 0 Å². The zero-order valence-corrected chi connectivity index (χ0v) is 13.7. The first kappa shape index (κ1) is 18.3. The lowest BCUT2D eigenvalue weighted by Crippen LogP contribution is -2.49. The molecule has 1 aliphatic heterocycles. The highest BCUT2D eigenvalue weighted by molar-refractivity contribution is 7.93. The monoisotopic (exact) mass is 357 g/mol. The van der Waals surface area contributed by atoms with Crippen molar-refractivity contribution in [3.05, 3.63) is 39.7 Å². The number of nitro benzene ring substituents is 1. The van der Waals surface area contributed by atoms with Crippen molar-refractivity contribution < 1.29 is 22.5 Å². The fourth-order valence-electron chi connectivity index (χ4n) is 2.62. The highest BCUT2D eigenvalue weighted by Gasteiger charge is 2.50. The number of rotatable bonds is 5. The number of hydrogen-bond acceptors (Lipinski definition) is 7. The molecule has 2 N–H and O–H groups in total. The van der Waals surface area contributed by atoms with Crippen LogP contribution in [0.5, 0.6) is 0 Å². The molecule has 0 aromatic heterocycles. The zero-order valence-electron chi connectivity index (χ0n) is 12.9. The van der Waals surface area contributed by atoms with E-state index in [1.807, 2.05) is 0 Å². The molecule has 0 radical (unpaired) electrons. The Morgan fingerprint density at radius 2 is 2.25 bits per heavy atom. The Hall–Kier alpha value is -2.09. The van der Waals surface area contributed by atoms with E-state index in [1.54, 1.807) is 6.07 Å².